The molecule has 0 aromatic carbocycles. The largest absolute Gasteiger partial charge is 0.333 e. The number of anilines is 1. The molecule has 0 aliphatic carbocycles. The molecule has 0 bridgehead atoms. The van der Waals surface area contributed by atoms with Crippen molar-refractivity contribution in [3.8, 4) is 0 Å². The van der Waals surface area contributed by atoms with E-state index in [2.05, 4.69) is 15.6 Å². The smallest absolute Gasteiger partial charge is 0.320 e. The first-order valence-corrected chi connectivity index (χ1v) is 6.55. The number of halogens is 1. The lowest BCUT2D eigenvalue weighted by molar-refractivity contribution is 0.251. The highest BCUT2D eigenvalue weighted by atomic mass is 35.5. The van der Waals surface area contributed by atoms with Gasteiger partial charge in [0.1, 0.15) is 5.82 Å². The molecule has 2 aromatic rings. The summed E-state index contributed by atoms with van der Waals surface area (Å²) in [7, 11) is 0. The maximum Gasteiger partial charge on any atom is 0.320 e. The lowest BCUT2D eigenvalue weighted by atomic mass is 10.3. The highest BCUT2D eigenvalue weighted by Gasteiger charge is 2.05. The van der Waals surface area contributed by atoms with Gasteiger partial charge in [-0.05, 0) is 30.7 Å². The predicted octanol–water partition coefficient (Wildman–Crippen LogP) is 3.43. The molecule has 0 unspecified atom stereocenters. The van der Waals surface area contributed by atoms with Crippen LogP contribution in [0.15, 0.2) is 30.5 Å². The molecular weight excluding hydrogens is 270 g/mol. The zero-order valence-electron chi connectivity index (χ0n) is 9.74. The highest BCUT2D eigenvalue weighted by molar-refractivity contribution is 7.16. The molecule has 2 aromatic heterocycles. The van der Waals surface area contributed by atoms with Gasteiger partial charge >= 0.3 is 6.03 Å². The average molecular weight is 282 g/mol. The van der Waals surface area contributed by atoms with Crippen LogP contribution >= 0.6 is 22.9 Å². The Kier molecular flexibility index (Phi) is 4.17. The summed E-state index contributed by atoms with van der Waals surface area (Å²) < 4.78 is 0.716. The summed E-state index contributed by atoms with van der Waals surface area (Å²) in [5.74, 6) is 0.569. The van der Waals surface area contributed by atoms with Crippen LogP contribution in [-0.2, 0) is 6.54 Å². The van der Waals surface area contributed by atoms with Gasteiger partial charge in [0.05, 0.1) is 10.9 Å². The first-order valence-electron chi connectivity index (χ1n) is 5.36. The molecule has 0 saturated heterocycles. The molecule has 0 aliphatic heterocycles. The van der Waals surface area contributed by atoms with Crippen molar-refractivity contribution in [2.75, 3.05) is 5.32 Å². The van der Waals surface area contributed by atoms with E-state index in [0.29, 0.717) is 16.7 Å². The Labute approximate surface area is 114 Å². The minimum atomic E-state index is -0.277. The number of hydrogen-bond acceptors (Lipinski definition) is 3. The molecule has 0 fully saturated rings. The number of hydrogen-bond donors (Lipinski definition) is 2. The molecule has 2 amide bonds. The topological polar surface area (TPSA) is 54.0 Å². The fourth-order valence-electron chi connectivity index (χ4n) is 1.38. The van der Waals surface area contributed by atoms with Crippen molar-refractivity contribution >= 4 is 34.8 Å². The molecule has 94 valence electrons. The first kappa shape index (κ1) is 12.9. The quantitative estimate of drug-likeness (QED) is 0.906. The van der Waals surface area contributed by atoms with E-state index >= 15 is 0 Å². The van der Waals surface area contributed by atoms with Crippen LogP contribution < -0.4 is 10.6 Å². The van der Waals surface area contributed by atoms with Gasteiger partial charge < -0.3 is 5.32 Å². The van der Waals surface area contributed by atoms with Gasteiger partial charge in [-0.15, -0.1) is 11.3 Å². The number of nitrogens with zero attached hydrogens (tertiary/aromatic N) is 1. The molecule has 2 heterocycles. The van der Waals surface area contributed by atoms with E-state index in [9.17, 15) is 4.79 Å². The number of rotatable bonds is 3. The van der Waals surface area contributed by atoms with Crippen molar-refractivity contribution in [2.45, 2.75) is 13.5 Å². The molecule has 2 N–H and O–H groups in total. The number of thiophene rings is 1. The number of pyridine rings is 1. The molecular formula is C12H12ClN3OS. The average Bonchev–Trinajstić information content (AvgIpc) is 2.76. The second-order valence-corrected chi connectivity index (χ2v) is 5.48. The zero-order valence-corrected chi connectivity index (χ0v) is 11.3. The number of nitrogens with one attached hydrogen (secondary N) is 2. The van der Waals surface area contributed by atoms with E-state index in [4.69, 9.17) is 11.6 Å². The van der Waals surface area contributed by atoms with Crippen LogP contribution in [0.4, 0.5) is 10.6 Å². The van der Waals surface area contributed by atoms with Crippen LogP contribution in [0.5, 0.6) is 0 Å². The lowest BCUT2D eigenvalue weighted by Crippen LogP contribution is -2.28. The monoisotopic (exact) mass is 281 g/mol. The molecule has 0 spiro atoms. The molecule has 0 atom stereocenters. The summed E-state index contributed by atoms with van der Waals surface area (Å²) >= 11 is 7.25. The normalized spacial score (nSPS) is 10.1. The summed E-state index contributed by atoms with van der Waals surface area (Å²) in [6.07, 6.45) is 1.64. The number of amides is 2. The summed E-state index contributed by atoms with van der Waals surface area (Å²) in [6.45, 7) is 2.34. The van der Waals surface area contributed by atoms with E-state index in [0.717, 1.165) is 10.4 Å². The van der Waals surface area contributed by atoms with E-state index in [-0.39, 0.29) is 6.03 Å². The Morgan fingerprint density at radius 3 is 2.94 bits per heavy atom. The van der Waals surface area contributed by atoms with Gasteiger partial charge in [-0.1, -0.05) is 17.7 Å². The fourth-order valence-corrected chi connectivity index (χ4v) is 2.41. The highest BCUT2D eigenvalue weighted by Crippen LogP contribution is 2.21. The maximum absolute atomic E-state index is 11.7. The number of carbonyl (C=O) groups is 1. The summed E-state index contributed by atoms with van der Waals surface area (Å²) in [5, 5.41) is 5.45. The minimum absolute atomic E-state index is 0.277. The molecule has 0 radical (unpaired) electrons. The van der Waals surface area contributed by atoms with Crippen molar-refractivity contribution < 1.29 is 4.79 Å². The van der Waals surface area contributed by atoms with Gasteiger partial charge in [-0.3, -0.25) is 5.32 Å². The molecule has 0 aliphatic rings. The molecule has 4 nitrogen and oxygen atoms in total. The van der Waals surface area contributed by atoms with Crippen LogP contribution in [0.25, 0.3) is 0 Å². The van der Waals surface area contributed by atoms with Gasteiger partial charge in [-0.25, -0.2) is 9.78 Å². The molecule has 0 saturated carbocycles. The van der Waals surface area contributed by atoms with Crippen molar-refractivity contribution in [1.29, 1.82) is 0 Å². The van der Waals surface area contributed by atoms with E-state index in [1.165, 1.54) is 11.3 Å². The van der Waals surface area contributed by atoms with Gasteiger partial charge in [0.25, 0.3) is 0 Å². The van der Waals surface area contributed by atoms with Gasteiger partial charge in [0.2, 0.25) is 0 Å². The zero-order chi connectivity index (χ0) is 13.0. The second kappa shape index (κ2) is 5.84. The SMILES string of the molecule is Cc1cccnc1NC(=O)NCc1ccc(Cl)s1. The minimum Gasteiger partial charge on any atom is -0.333 e. The Morgan fingerprint density at radius 1 is 1.44 bits per heavy atom. The summed E-state index contributed by atoms with van der Waals surface area (Å²) in [5.41, 5.74) is 0.923. The van der Waals surface area contributed by atoms with Crippen LogP contribution in [-0.4, -0.2) is 11.0 Å². The third kappa shape index (κ3) is 3.45. The first-order chi connectivity index (χ1) is 8.65. The predicted molar refractivity (Wildman–Crippen MR) is 74.2 cm³/mol. The fraction of sp³-hybridized carbons (Fsp3) is 0.167. The van der Waals surface area contributed by atoms with Gasteiger partial charge in [0, 0.05) is 11.1 Å². The van der Waals surface area contributed by atoms with Crippen molar-refractivity contribution in [3.05, 3.63) is 45.2 Å². The maximum atomic E-state index is 11.7. The van der Waals surface area contributed by atoms with Crippen LogP contribution in [0.1, 0.15) is 10.4 Å². The Balaban J connectivity index is 1.88. The molecule has 2 rings (SSSR count). The number of carbonyl (C=O) groups excluding carboxylic acids is 1. The van der Waals surface area contributed by atoms with E-state index in [1.807, 2.05) is 31.2 Å². The van der Waals surface area contributed by atoms with E-state index < -0.39 is 0 Å². The van der Waals surface area contributed by atoms with Crippen molar-refractivity contribution in [1.82, 2.24) is 10.3 Å². The Bertz CT molecular complexity index is 556. The Hall–Kier alpha value is -1.59. The number of aromatic nitrogens is 1. The van der Waals surface area contributed by atoms with Gasteiger partial charge in [0.15, 0.2) is 0 Å². The van der Waals surface area contributed by atoms with Crippen LogP contribution in [0, 0.1) is 6.92 Å². The number of aryl methyl sites for hydroxylation is 1. The third-order valence-electron chi connectivity index (χ3n) is 2.29. The van der Waals surface area contributed by atoms with Crippen LogP contribution in [0.3, 0.4) is 0 Å². The molecule has 6 heteroatoms. The Morgan fingerprint density at radius 2 is 2.28 bits per heavy atom. The number of urea groups is 1. The molecule has 18 heavy (non-hydrogen) atoms. The van der Waals surface area contributed by atoms with Crippen molar-refractivity contribution in [3.63, 3.8) is 0 Å². The van der Waals surface area contributed by atoms with Crippen LogP contribution in [0.2, 0.25) is 4.34 Å². The second-order valence-electron chi connectivity index (χ2n) is 3.68. The van der Waals surface area contributed by atoms with E-state index in [1.54, 1.807) is 6.20 Å². The van der Waals surface area contributed by atoms with Crippen molar-refractivity contribution in [2.24, 2.45) is 0 Å². The van der Waals surface area contributed by atoms with Gasteiger partial charge in [-0.2, -0.15) is 0 Å². The summed E-state index contributed by atoms with van der Waals surface area (Å²) in [4.78, 5) is 16.7. The lowest BCUT2D eigenvalue weighted by Gasteiger charge is -2.07. The third-order valence-corrected chi connectivity index (χ3v) is 3.52. The summed E-state index contributed by atoms with van der Waals surface area (Å²) in [6, 6.07) is 7.14. The standard InChI is InChI=1S/C12H12ClN3OS/c1-8-3-2-6-14-11(8)16-12(17)15-7-9-4-5-10(13)18-9/h2-6H,7H2,1H3,(H2,14,15,16,17).